The fourth-order valence-corrected chi connectivity index (χ4v) is 1.96. The maximum atomic E-state index is 11.4. The van der Waals surface area contributed by atoms with Crippen molar-refractivity contribution in [3.8, 4) is 0 Å². The molecule has 24 heavy (non-hydrogen) atoms. The minimum atomic E-state index is -0.862. The summed E-state index contributed by atoms with van der Waals surface area (Å²) in [7, 11) is 0. The molecule has 2 saturated heterocycles. The Morgan fingerprint density at radius 1 is 0.833 bits per heavy atom. The second kappa shape index (κ2) is 9.05. The number of hydrogen-bond acceptors (Lipinski definition) is 8. The number of hydrogen-bond donors (Lipinski definition) is 0. The molecule has 0 aromatic carbocycles. The van der Waals surface area contributed by atoms with Crippen LogP contribution in [0.5, 0.6) is 0 Å². The zero-order valence-corrected chi connectivity index (χ0v) is 12.8. The lowest BCUT2D eigenvalue weighted by molar-refractivity contribution is -0.200. The van der Waals surface area contributed by atoms with Gasteiger partial charge in [0.2, 0.25) is 0 Å². The van der Waals surface area contributed by atoms with Gasteiger partial charge in [-0.25, -0.2) is 4.79 Å². The van der Waals surface area contributed by atoms with Crippen LogP contribution in [-0.2, 0) is 38.4 Å². The van der Waals surface area contributed by atoms with Gasteiger partial charge >= 0.3 is 5.97 Å². The summed E-state index contributed by atoms with van der Waals surface area (Å²) in [6, 6.07) is 0. The van der Waals surface area contributed by atoms with Crippen LogP contribution in [-0.4, -0.2) is 65.0 Å². The quantitative estimate of drug-likeness (QED) is 0.371. The molecule has 0 atom stereocenters. The Hall–Kier alpha value is -2.37. The molecule has 134 valence electrons. The van der Waals surface area contributed by atoms with E-state index in [2.05, 4.69) is 4.84 Å². The van der Waals surface area contributed by atoms with Crippen LogP contribution in [0, 0.1) is 0 Å². The molecule has 0 saturated carbocycles. The molecule has 0 aromatic rings. The highest BCUT2D eigenvalue weighted by Gasteiger charge is 2.33. The number of nitrogens with zero attached hydrogens (tertiary/aromatic N) is 2. The number of ether oxygens (including phenoxy) is 1. The fourth-order valence-electron chi connectivity index (χ4n) is 1.96. The van der Waals surface area contributed by atoms with Crippen molar-refractivity contribution in [1.82, 2.24) is 10.1 Å². The van der Waals surface area contributed by atoms with Gasteiger partial charge in [0.1, 0.15) is 6.61 Å². The highest BCUT2D eigenvalue weighted by atomic mass is 16.7. The number of imide groups is 2. The van der Waals surface area contributed by atoms with Crippen LogP contribution >= 0.6 is 0 Å². The molecule has 0 radical (unpaired) electrons. The van der Waals surface area contributed by atoms with E-state index < -0.39 is 24.4 Å². The molecule has 0 aromatic heterocycles. The summed E-state index contributed by atoms with van der Waals surface area (Å²) in [4.78, 5) is 65.9. The first-order valence-corrected chi connectivity index (χ1v) is 7.12. The van der Waals surface area contributed by atoms with E-state index in [0.29, 0.717) is 11.5 Å². The van der Waals surface area contributed by atoms with Gasteiger partial charge < -0.3 is 15.1 Å². The van der Waals surface area contributed by atoms with Gasteiger partial charge in [-0.3, -0.25) is 24.0 Å². The monoisotopic (exact) mass is 346 g/mol. The lowest BCUT2D eigenvalue weighted by Gasteiger charge is -2.13. The molecule has 2 N–H and O–H groups in total. The Balaban J connectivity index is 0.00000288. The average Bonchev–Trinajstić information content (AvgIpc) is 3.00. The van der Waals surface area contributed by atoms with E-state index in [4.69, 9.17) is 9.57 Å². The van der Waals surface area contributed by atoms with Gasteiger partial charge in [0, 0.05) is 32.3 Å². The van der Waals surface area contributed by atoms with E-state index in [9.17, 15) is 24.0 Å². The third kappa shape index (κ3) is 5.08. The van der Waals surface area contributed by atoms with Crippen molar-refractivity contribution in [1.29, 1.82) is 0 Å². The van der Waals surface area contributed by atoms with Gasteiger partial charge in [0.25, 0.3) is 23.6 Å². The fraction of sp³-hybridized carbons (Fsp3) is 0.615. The molecule has 2 fully saturated rings. The van der Waals surface area contributed by atoms with Gasteiger partial charge in [-0.05, 0) is 6.42 Å². The van der Waals surface area contributed by atoms with Crippen molar-refractivity contribution in [3.05, 3.63) is 0 Å². The molecule has 0 spiro atoms. The van der Waals surface area contributed by atoms with Crippen molar-refractivity contribution in [2.45, 2.75) is 32.1 Å². The van der Waals surface area contributed by atoms with E-state index in [-0.39, 0.29) is 56.2 Å². The van der Waals surface area contributed by atoms with E-state index in [0.717, 1.165) is 5.06 Å². The number of hydroxylamine groups is 4. The summed E-state index contributed by atoms with van der Waals surface area (Å²) in [6.45, 7) is -0.235. The Kier molecular flexibility index (Phi) is 7.42. The van der Waals surface area contributed by atoms with Crippen LogP contribution in [0.3, 0.4) is 0 Å². The number of carbonyl (C=O) groups is 5. The largest absolute Gasteiger partial charge is 0.412 e. The van der Waals surface area contributed by atoms with Crippen LogP contribution in [0.15, 0.2) is 0 Å². The van der Waals surface area contributed by atoms with Crippen LogP contribution in [0.1, 0.15) is 32.1 Å². The molecule has 2 heterocycles. The normalized spacial score (nSPS) is 17.5. The first-order chi connectivity index (χ1) is 11.0. The minimum absolute atomic E-state index is 0. The lowest BCUT2D eigenvalue weighted by Crippen LogP contribution is -2.33. The van der Waals surface area contributed by atoms with Gasteiger partial charge in [-0.1, -0.05) is 0 Å². The number of rotatable bonds is 8. The van der Waals surface area contributed by atoms with Gasteiger partial charge in [0.05, 0.1) is 6.61 Å². The zero-order valence-electron chi connectivity index (χ0n) is 12.8. The standard InChI is InChI=1S/C13H16N2O8.H2O/c16-9-2-3-10(17)14(9)22-7-1-6-21-8-13(20)23-15-11(18)4-5-12(15)19;/h1-8H2;1H2. The molecule has 4 amide bonds. The Morgan fingerprint density at radius 2 is 1.33 bits per heavy atom. The summed E-state index contributed by atoms with van der Waals surface area (Å²) in [5.41, 5.74) is 0. The highest BCUT2D eigenvalue weighted by molar-refractivity contribution is 6.01. The van der Waals surface area contributed by atoms with E-state index >= 15 is 0 Å². The van der Waals surface area contributed by atoms with Crippen molar-refractivity contribution >= 4 is 29.6 Å². The third-order valence-corrected chi connectivity index (χ3v) is 3.08. The van der Waals surface area contributed by atoms with Crippen molar-refractivity contribution in [2.24, 2.45) is 0 Å². The van der Waals surface area contributed by atoms with Gasteiger partial charge in [-0.2, -0.15) is 5.06 Å². The Labute approximate surface area is 136 Å². The smallest absolute Gasteiger partial charge is 0.358 e. The molecule has 11 heteroatoms. The summed E-state index contributed by atoms with van der Waals surface area (Å²) >= 11 is 0. The van der Waals surface area contributed by atoms with Crippen LogP contribution < -0.4 is 0 Å². The SMILES string of the molecule is O.O=C(COCCCON1C(=O)CCC1=O)ON1C(=O)CCC1=O. The van der Waals surface area contributed by atoms with Crippen LogP contribution in [0.25, 0.3) is 0 Å². The molecular weight excluding hydrogens is 328 g/mol. The van der Waals surface area contributed by atoms with Crippen molar-refractivity contribution < 1.29 is 43.9 Å². The average molecular weight is 346 g/mol. The van der Waals surface area contributed by atoms with E-state index in [1.165, 1.54) is 0 Å². The third-order valence-electron chi connectivity index (χ3n) is 3.08. The molecule has 2 rings (SSSR count). The van der Waals surface area contributed by atoms with E-state index in [1.54, 1.807) is 0 Å². The summed E-state index contributed by atoms with van der Waals surface area (Å²) < 4.78 is 5.00. The van der Waals surface area contributed by atoms with Gasteiger partial charge in [0.15, 0.2) is 0 Å². The number of amides is 4. The number of carbonyl (C=O) groups excluding carboxylic acids is 5. The summed E-state index contributed by atoms with van der Waals surface area (Å²) in [5.74, 6) is -2.73. The maximum absolute atomic E-state index is 11.4. The van der Waals surface area contributed by atoms with Crippen LogP contribution in [0.4, 0.5) is 0 Å². The Morgan fingerprint density at radius 3 is 1.88 bits per heavy atom. The first kappa shape index (κ1) is 19.7. The molecule has 0 aliphatic carbocycles. The topological polar surface area (TPSA) is 151 Å². The van der Waals surface area contributed by atoms with Crippen LogP contribution in [0.2, 0.25) is 0 Å². The maximum Gasteiger partial charge on any atom is 0.358 e. The zero-order chi connectivity index (χ0) is 16.8. The molecule has 11 nitrogen and oxygen atoms in total. The molecule has 0 bridgehead atoms. The van der Waals surface area contributed by atoms with E-state index in [1.807, 2.05) is 0 Å². The summed E-state index contributed by atoms with van der Waals surface area (Å²) in [6.07, 6.45) is 0.687. The second-order valence-electron chi connectivity index (χ2n) is 4.87. The predicted molar refractivity (Wildman–Crippen MR) is 73.3 cm³/mol. The highest BCUT2D eigenvalue weighted by Crippen LogP contribution is 2.13. The molecular formula is C13H18N2O9. The van der Waals surface area contributed by atoms with Crippen molar-refractivity contribution in [3.63, 3.8) is 0 Å². The minimum Gasteiger partial charge on any atom is -0.412 e. The molecule has 0 unspecified atom stereocenters. The summed E-state index contributed by atoms with van der Waals surface area (Å²) in [5, 5.41) is 1.18. The van der Waals surface area contributed by atoms with Gasteiger partial charge in [-0.15, -0.1) is 5.06 Å². The first-order valence-electron chi connectivity index (χ1n) is 7.12. The Bertz CT molecular complexity index is 502. The van der Waals surface area contributed by atoms with Crippen molar-refractivity contribution in [2.75, 3.05) is 19.8 Å². The molecule has 2 aliphatic heterocycles. The lowest BCUT2D eigenvalue weighted by atomic mass is 10.4. The predicted octanol–water partition coefficient (Wildman–Crippen LogP) is -1.74. The molecule has 2 aliphatic rings. The second-order valence-corrected chi connectivity index (χ2v) is 4.87.